The van der Waals surface area contributed by atoms with E-state index >= 15 is 0 Å². The zero-order valence-electron chi connectivity index (χ0n) is 21.4. The van der Waals surface area contributed by atoms with Crippen LogP contribution in [0, 0.1) is 11.7 Å². The number of ether oxygens (including phenoxy) is 5. The van der Waals surface area contributed by atoms with Gasteiger partial charge in [-0.15, -0.1) is 0 Å². The zero-order valence-corrected chi connectivity index (χ0v) is 21.4. The summed E-state index contributed by atoms with van der Waals surface area (Å²) < 4.78 is 42.5. The maximum absolute atomic E-state index is 14.8. The first-order valence-corrected chi connectivity index (χ1v) is 12.6. The number of methoxy groups -OCH3 is 2. The van der Waals surface area contributed by atoms with Crippen molar-refractivity contribution < 1.29 is 32.9 Å². The number of rotatable bonds is 9. The van der Waals surface area contributed by atoms with Crippen molar-refractivity contribution in [3.05, 3.63) is 77.1 Å². The number of amides is 1. The van der Waals surface area contributed by atoms with Crippen LogP contribution in [0.3, 0.4) is 0 Å². The molecule has 8 nitrogen and oxygen atoms in total. The smallest absolute Gasteiger partial charge is 0.254 e. The standard InChI is InChI=1S/C29H31FN2O6/c1-34-25-4-3-5-26(35-2)23(25)15-32-29(33)22-12-18(6-8-24(22)30)21-10-11-31-14-19(21)16-36-20-7-9-27-28(13-20)38-17-37-27/h3-9,12-13,19,21,31H,10-11,14-17H2,1-2H3,(H,32,33)/t19-,21-/m0/s1. The minimum Gasteiger partial charge on any atom is -0.496 e. The lowest BCUT2D eigenvalue weighted by Crippen LogP contribution is -2.38. The van der Waals surface area contributed by atoms with Crippen LogP contribution in [0.15, 0.2) is 54.6 Å². The number of nitrogens with one attached hydrogen (secondary N) is 2. The molecule has 0 bridgehead atoms. The molecule has 0 saturated carbocycles. The van der Waals surface area contributed by atoms with Gasteiger partial charge in [0.1, 0.15) is 23.1 Å². The SMILES string of the molecule is COc1cccc(OC)c1CNC(=O)c1cc([C@@H]2CCNC[C@H]2COc2ccc3c(c2)OCO3)ccc1F. The van der Waals surface area contributed by atoms with Gasteiger partial charge in [0.25, 0.3) is 5.91 Å². The Kier molecular flexibility index (Phi) is 7.83. The summed E-state index contributed by atoms with van der Waals surface area (Å²) in [5, 5.41) is 6.24. The van der Waals surface area contributed by atoms with Crippen molar-refractivity contribution in [1.29, 1.82) is 0 Å². The van der Waals surface area contributed by atoms with Crippen LogP contribution in [0.1, 0.15) is 33.8 Å². The average Bonchev–Trinajstić information content (AvgIpc) is 3.43. The van der Waals surface area contributed by atoms with Gasteiger partial charge < -0.3 is 34.3 Å². The van der Waals surface area contributed by atoms with Crippen molar-refractivity contribution in [3.8, 4) is 28.7 Å². The quantitative estimate of drug-likeness (QED) is 0.434. The highest BCUT2D eigenvalue weighted by molar-refractivity contribution is 5.94. The lowest BCUT2D eigenvalue weighted by atomic mass is 9.81. The van der Waals surface area contributed by atoms with Crippen LogP contribution in [-0.2, 0) is 6.54 Å². The van der Waals surface area contributed by atoms with Gasteiger partial charge in [0.2, 0.25) is 6.79 Å². The summed E-state index contributed by atoms with van der Waals surface area (Å²) >= 11 is 0. The van der Waals surface area contributed by atoms with E-state index < -0.39 is 11.7 Å². The maximum Gasteiger partial charge on any atom is 0.254 e. The Bertz CT molecular complexity index is 1280. The molecule has 2 aliphatic rings. The van der Waals surface area contributed by atoms with E-state index in [-0.39, 0.29) is 30.7 Å². The molecule has 3 aromatic carbocycles. The fourth-order valence-corrected chi connectivity index (χ4v) is 5.02. The number of carbonyl (C=O) groups excluding carboxylic acids is 1. The van der Waals surface area contributed by atoms with E-state index in [4.69, 9.17) is 23.7 Å². The van der Waals surface area contributed by atoms with Gasteiger partial charge in [-0.2, -0.15) is 0 Å². The third-order valence-electron chi connectivity index (χ3n) is 7.03. The van der Waals surface area contributed by atoms with Crippen LogP contribution in [-0.4, -0.2) is 46.6 Å². The fraction of sp³-hybridized carbons (Fsp3) is 0.345. The molecule has 9 heteroatoms. The first kappa shape index (κ1) is 25.7. The van der Waals surface area contributed by atoms with E-state index in [1.807, 2.05) is 18.2 Å². The van der Waals surface area contributed by atoms with E-state index in [0.29, 0.717) is 40.9 Å². The maximum atomic E-state index is 14.8. The molecule has 38 heavy (non-hydrogen) atoms. The van der Waals surface area contributed by atoms with Crippen molar-refractivity contribution in [1.82, 2.24) is 10.6 Å². The summed E-state index contributed by atoms with van der Waals surface area (Å²) in [5.74, 6) is 2.40. The Morgan fingerprint density at radius 2 is 1.84 bits per heavy atom. The van der Waals surface area contributed by atoms with Gasteiger partial charge in [-0.25, -0.2) is 4.39 Å². The molecule has 2 N–H and O–H groups in total. The summed E-state index contributed by atoms with van der Waals surface area (Å²) in [5.41, 5.74) is 1.60. The molecule has 1 saturated heterocycles. The van der Waals surface area contributed by atoms with E-state index in [1.165, 1.54) is 6.07 Å². The van der Waals surface area contributed by atoms with Crippen LogP contribution in [0.2, 0.25) is 0 Å². The van der Waals surface area contributed by atoms with Crippen LogP contribution >= 0.6 is 0 Å². The monoisotopic (exact) mass is 522 g/mol. The van der Waals surface area contributed by atoms with Crippen LogP contribution in [0.25, 0.3) is 0 Å². The number of carbonyl (C=O) groups is 1. The lowest BCUT2D eigenvalue weighted by molar-refractivity contribution is 0.0946. The van der Waals surface area contributed by atoms with Gasteiger partial charge in [0.05, 0.1) is 38.5 Å². The Morgan fingerprint density at radius 3 is 2.63 bits per heavy atom. The number of piperidine rings is 1. The summed E-state index contributed by atoms with van der Waals surface area (Å²) in [7, 11) is 3.10. The highest BCUT2D eigenvalue weighted by atomic mass is 19.1. The third kappa shape index (κ3) is 5.47. The Morgan fingerprint density at radius 1 is 1.05 bits per heavy atom. The first-order valence-electron chi connectivity index (χ1n) is 12.6. The van der Waals surface area contributed by atoms with Gasteiger partial charge in [0.15, 0.2) is 11.5 Å². The van der Waals surface area contributed by atoms with Gasteiger partial charge >= 0.3 is 0 Å². The molecule has 2 atom stereocenters. The Balaban J connectivity index is 1.29. The molecule has 0 radical (unpaired) electrons. The average molecular weight is 523 g/mol. The number of halogens is 1. The van der Waals surface area contributed by atoms with Crippen molar-refractivity contribution in [3.63, 3.8) is 0 Å². The minimum absolute atomic E-state index is 0.00494. The van der Waals surface area contributed by atoms with Crippen molar-refractivity contribution >= 4 is 5.91 Å². The Labute approximate surface area is 221 Å². The van der Waals surface area contributed by atoms with Crippen LogP contribution in [0.5, 0.6) is 28.7 Å². The predicted octanol–water partition coefficient (Wildman–Crippen LogP) is 4.27. The molecule has 0 spiro atoms. The molecular weight excluding hydrogens is 491 g/mol. The number of fused-ring (bicyclic) bond motifs is 1. The zero-order chi connectivity index (χ0) is 26.5. The lowest BCUT2D eigenvalue weighted by Gasteiger charge is -2.32. The fourth-order valence-electron chi connectivity index (χ4n) is 5.02. The normalized spacial score (nSPS) is 18.1. The van der Waals surface area contributed by atoms with Crippen molar-refractivity contribution in [2.75, 3.05) is 40.7 Å². The molecule has 2 aliphatic heterocycles. The van der Waals surface area contributed by atoms with E-state index in [2.05, 4.69) is 10.6 Å². The second kappa shape index (κ2) is 11.6. The highest BCUT2D eigenvalue weighted by Crippen LogP contribution is 2.36. The second-order valence-electron chi connectivity index (χ2n) is 9.25. The van der Waals surface area contributed by atoms with E-state index in [9.17, 15) is 9.18 Å². The molecule has 3 aromatic rings. The molecule has 0 aromatic heterocycles. The summed E-state index contributed by atoms with van der Waals surface area (Å²) in [6, 6.07) is 15.7. The number of hydrogen-bond acceptors (Lipinski definition) is 7. The van der Waals surface area contributed by atoms with Gasteiger partial charge in [-0.3, -0.25) is 4.79 Å². The summed E-state index contributed by atoms with van der Waals surface area (Å²) in [6.45, 7) is 2.39. The Hall–Kier alpha value is -3.98. The molecule has 200 valence electrons. The van der Waals surface area contributed by atoms with Gasteiger partial charge in [-0.1, -0.05) is 12.1 Å². The van der Waals surface area contributed by atoms with E-state index in [0.717, 1.165) is 25.1 Å². The molecule has 1 fully saturated rings. The third-order valence-corrected chi connectivity index (χ3v) is 7.03. The molecule has 2 heterocycles. The highest BCUT2D eigenvalue weighted by Gasteiger charge is 2.29. The molecule has 0 unspecified atom stereocenters. The van der Waals surface area contributed by atoms with Gasteiger partial charge in [0, 0.05) is 18.5 Å². The predicted molar refractivity (Wildman–Crippen MR) is 139 cm³/mol. The minimum atomic E-state index is -0.569. The molecule has 5 rings (SSSR count). The molecular formula is C29H31FN2O6. The molecule has 0 aliphatic carbocycles. The number of hydrogen-bond donors (Lipinski definition) is 2. The number of benzene rings is 3. The second-order valence-corrected chi connectivity index (χ2v) is 9.25. The topological polar surface area (TPSA) is 87.3 Å². The summed E-state index contributed by atoms with van der Waals surface area (Å²) in [4.78, 5) is 13.1. The first-order chi connectivity index (χ1) is 18.6. The van der Waals surface area contributed by atoms with Gasteiger partial charge in [-0.05, 0) is 60.8 Å². The van der Waals surface area contributed by atoms with Crippen molar-refractivity contribution in [2.45, 2.75) is 18.9 Å². The van der Waals surface area contributed by atoms with E-state index in [1.54, 1.807) is 44.6 Å². The van der Waals surface area contributed by atoms with Crippen molar-refractivity contribution in [2.24, 2.45) is 5.92 Å². The molecule has 1 amide bonds. The largest absolute Gasteiger partial charge is 0.496 e. The van der Waals surface area contributed by atoms with Crippen LogP contribution < -0.4 is 34.3 Å². The summed E-state index contributed by atoms with van der Waals surface area (Å²) in [6.07, 6.45) is 0.847. The van der Waals surface area contributed by atoms with Crippen LogP contribution in [0.4, 0.5) is 4.39 Å².